The average molecular weight is 722 g/mol. The molecule has 3 aliphatic rings. The summed E-state index contributed by atoms with van der Waals surface area (Å²) in [6.45, 7) is 6.25. The Balaban J connectivity index is 0.000000179. The molecule has 4 atom stereocenters. The number of nitrogens with zero attached hydrogens (tertiary/aromatic N) is 10. The Morgan fingerprint density at radius 3 is 1.92 bits per heavy atom. The lowest BCUT2D eigenvalue weighted by atomic mass is 9.96. The van der Waals surface area contributed by atoms with Crippen molar-refractivity contribution >= 4 is 11.9 Å². The number of imidazole rings is 2. The molecule has 0 saturated carbocycles. The Labute approximate surface area is 306 Å². The van der Waals surface area contributed by atoms with Gasteiger partial charge in [0.2, 0.25) is 24.6 Å². The van der Waals surface area contributed by atoms with E-state index in [2.05, 4.69) is 35.1 Å². The number of aryl methyl sites for hydroxylation is 2. The Bertz CT molecular complexity index is 2060. The molecule has 4 aromatic heterocycles. The predicted octanol–water partition coefficient (Wildman–Crippen LogP) is 3.10. The van der Waals surface area contributed by atoms with Gasteiger partial charge in [-0.1, -0.05) is 6.07 Å². The van der Waals surface area contributed by atoms with Gasteiger partial charge in [0.1, 0.15) is 12.7 Å². The minimum atomic E-state index is -0.773. The number of fused-ring (bicyclic) bond motifs is 1. The van der Waals surface area contributed by atoms with E-state index < -0.39 is 11.9 Å². The number of rotatable bonds is 9. The summed E-state index contributed by atoms with van der Waals surface area (Å²) in [6.07, 6.45) is 12.4. The zero-order valence-corrected chi connectivity index (χ0v) is 30.2. The number of carbonyl (C=O) groups excluding carboxylic acids is 1. The third-order valence-corrected chi connectivity index (χ3v) is 9.90. The summed E-state index contributed by atoms with van der Waals surface area (Å²) in [5.41, 5.74) is 4.39. The lowest BCUT2D eigenvalue weighted by molar-refractivity contribution is -0.142. The molecule has 0 bridgehead atoms. The van der Waals surface area contributed by atoms with Crippen LogP contribution in [0, 0.1) is 25.7 Å². The van der Waals surface area contributed by atoms with Crippen molar-refractivity contribution in [2.45, 2.75) is 45.2 Å². The van der Waals surface area contributed by atoms with Crippen molar-refractivity contribution in [1.29, 1.82) is 0 Å². The minimum Gasteiger partial charge on any atom is -0.481 e. The molecule has 3 aliphatic heterocycles. The minimum absolute atomic E-state index is 0.0561. The molecule has 1 aromatic carbocycles. The van der Waals surface area contributed by atoms with Crippen molar-refractivity contribution in [3.8, 4) is 23.4 Å². The fourth-order valence-corrected chi connectivity index (χ4v) is 7.29. The second-order valence-electron chi connectivity index (χ2n) is 13.6. The fourth-order valence-electron chi connectivity index (χ4n) is 7.29. The number of likely N-dealkylation sites (tertiary alicyclic amines) is 2. The quantitative estimate of drug-likeness (QED) is 0.227. The summed E-state index contributed by atoms with van der Waals surface area (Å²) < 4.78 is 14.3. The summed E-state index contributed by atoms with van der Waals surface area (Å²) in [5.74, 6) is 1.31. The highest BCUT2D eigenvalue weighted by Crippen LogP contribution is 2.37. The normalized spacial score (nSPS) is 21.0. The molecule has 0 spiro atoms. The van der Waals surface area contributed by atoms with Crippen LogP contribution in [-0.4, -0.2) is 106 Å². The highest BCUT2D eigenvalue weighted by molar-refractivity contribution is 5.80. The zero-order chi connectivity index (χ0) is 37.1. The molecule has 4 unspecified atom stereocenters. The number of aliphatic carboxylic acids is 1. The van der Waals surface area contributed by atoms with Crippen LogP contribution in [0.15, 0.2) is 67.8 Å². The molecule has 8 rings (SSSR count). The maximum Gasteiger partial charge on any atom is 0.308 e. The lowest BCUT2D eigenvalue weighted by Gasteiger charge is -2.24. The highest BCUT2D eigenvalue weighted by Gasteiger charge is 2.40. The second-order valence-corrected chi connectivity index (χ2v) is 13.6. The molecule has 16 nitrogen and oxygen atoms in total. The molecule has 5 aromatic rings. The molecular weight excluding hydrogens is 678 g/mol. The molecule has 2 fully saturated rings. The molecule has 1 amide bonds. The SMILES string of the molecule is Cc1cc(C2C(C(=O)NCCc3ccc4c(c3)OCO4)CCN2C)nc(-n2ccnc2)n1.Cc1cc(C2C(C(=O)O)CCN2C)nc(-n2ccnc2)n1. The van der Waals surface area contributed by atoms with Crippen LogP contribution in [0.5, 0.6) is 11.5 Å². The number of aromatic nitrogens is 8. The van der Waals surface area contributed by atoms with Crippen LogP contribution in [0.3, 0.4) is 0 Å². The Hall–Kier alpha value is -5.74. The van der Waals surface area contributed by atoms with Gasteiger partial charge in [-0.05, 0) is 90.1 Å². The summed E-state index contributed by atoms with van der Waals surface area (Å²) in [5, 5.41) is 12.5. The van der Waals surface area contributed by atoms with Gasteiger partial charge >= 0.3 is 5.97 Å². The van der Waals surface area contributed by atoms with E-state index in [1.54, 1.807) is 40.4 Å². The van der Waals surface area contributed by atoms with E-state index in [1.807, 2.05) is 69.4 Å². The number of carboxylic acids is 1. The second kappa shape index (κ2) is 15.5. The number of amides is 1. The van der Waals surface area contributed by atoms with Crippen LogP contribution in [0.2, 0.25) is 0 Å². The molecule has 53 heavy (non-hydrogen) atoms. The standard InChI is InChI=1S/C23H26N6O3.C14H17N5O2/c1-15-11-18(27-23(26-15)29-10-8-24-13-29)21-17(6-9-28(21)2)22(30)25-7-5-16-3-4-19-20(12-16)32-14-31-19;1-9-7-11(12-10(13(20)21)3-5-18(12)2)17-14(16-9)19-6-4-15-8-19/h3-4,8,10-13,17,21H,5-7,9,14H2,1-2H3,(H,25,30);4,6-8,10,12H,3,5H2,1-2H3,(H,20,21). The number of ether oxygens (including phenoxy) is 2. The summed E-state index contributed by atoms with van der Waals surface area (Å²) >= 11 is 0. The number of hydrogen-bond acceptors (Lipinski definition) is 12. The molecule has 0 radical (unpaired) electrons. The van der Waals surface area contributed by atoms with Crippen LogP contribution in [0.1, 0.15) is 53.3 Å². The van der Waals surface area contributed by atoms with Crippen molar-refractivity contribution < 1.29 is 24.2 Å². The maximum atomic E-state index is 13.1. The van der Waals surface area contributed by atoms with E-state index in [0.717, 1.165) is 65.8 Å². The first-order chi connectivity index (χ1) is 25.6. The van der Waals surface area contributed by atoms with Gasteiger partial charge in [0.15, 0.2) is 11.5 Å². The molecule has 2 saturated heterocycles. The summed E-state index contributed by atoms with van der Waals surface area (Å²) in [7, 11) is 3.97. The van der Waals surface area contributed by atoms with E-state index in [-0.39, 0.29) is 30.7 Å². The maximum absolute atomic E-state index is 13.1. The van der Waals surface area contributed by atoms with Gasteiger partial charge in [-0.3, -0.25) is 28.5 Å². The van der Waals surface area contributed by atoms with Gasteiger partial charge in [0.05, 0.1) is 35.3 Å². The van der Waals surface area contributed by atoms with Gasteiger partial charge in [0.25, 0.3) is 0 Å². The third kappa shape index (κ3) is 7.88. The highest BCUT2D eigenvalue weighted by atomic mass is 16.7. The van der Waals surface area contributed by atoms with Crippen LogP contribution < -0.4 is 14.8 Å². The lowest BCUT2D eigenvalue weighted by Crippen LogP contribution is -2.36. The van der Waals surface area contributed by atoms with Crippen LogP contribution in [0.25, 0.3) is 11.9 Å². The van der Waals surface area contributed by atoms with Gasteiger partial charge < -0.3 is 19.9 Å². The molecule has 276 valence electrons. The van der Waals surface area contributed by atoms with Crippen molar-refractivity contribution in [2.24, 2.45) is 11.8 Å². The first-order valence-corrected chi connectivity index (χ1v) is 17.6. The van der Waals surface area contributed by atoms with Crippen LogP contribution in [0.4, 0.5) is 0 Å². The molecule has 7 heterocycles. The Morgan fingerprint density at radius 1 is 0.792 bits per heavy atom. The number of nitrogens with one attached hydrogen (secondary N) is 1. The predicted molar refractivity (Wildman–Crippen MR) is 192 cm³/mol. The van der Waals surface area contributed by atoms with Crippen LogP contribution >= 0.6 is 0 Å². The van der Waals surface area contributed by atoms with Crippen LogP contribution in [-0.2, 0) is 16.0 Å². The average Bonchev–Trinajstić information content (AvgIpc) is 3.98. The third-order valence-electron chi connectivity index (χ3n) is 9.90. The zero-order valence-electron chi connectivity index (χ0n) is 30.2. The Kier molecular flexibility index (Phi) is 10.4. The number of carboxylic acid groups (broad SMARTS) is 1. The van der Waals surface area contributed by atoms with Gasteiger partial charge in [-0.15, -0.1) is 0 Å². The van der Waals surface area contributed by atoms with Gasteiger partial charge in [-0.2, -0.15) is 0 Å². The van der Waals surface area contributed by atoms with Crippen molar-refractivity contribution in [1.82, 2.24) is 54.2 Å². The smallest absolute Gasteiger partial charge is 0.308 e. The number of benzene rings is 1. The van der Waals surface area contributed by atoms with Crippen molar-refractivity contribution in [3.05, 3.63) is 96.1 Å². The monoisotopic (exact) mass is 721 g/mol. The molecule has 0 aliphatic carbocycles. The van der Waals surface area contributed by atoms with E-state index in [0.29, 0.717) is 24.9 Å². The molecule has 2 N–H and O–H groups in total. The number of carbonyl (C=O) groups is 2. The largest absolute Gasteiger partial charge is 0.481 e. The van der Waals surface area contributed by atoms with Gasteiger partial charge in [-0.25, -0.2) is 29.9 Å². The van der Waals surface area contributed by atoms with Crippen molar-refractivity contribution in [3.63, 3.8) is 0 Å². The summed E-state index contributed by atoms with van der Waals surface area (Å²) in [6, 6.07) is 9.42. The number of hydrogen-bond donors (Lipinski definition) is 2. The van der Waals surface area contributed by atoms with E-state index in [1.165, 1.54) is 0 Å². The fraction of sp³-hybridized carbons (Fsp3) is 0.405. The molecule has 16 heteroatoms. The first-order valence-electron chi connectivity index (χ1n) is 17.6. The topological polar surface area (TPSA) is 179 Å². The van der Waals surface area contributed by atoms with E-state index >= 15 is 0 Å². The van der Waals surface area contributed by atoms with Crippen molar-refractivity contribution in [2.75, 3.05) is 40.5 Å². The van der Waals surface area contributed by atoms with E-state index in [4.69, 9.17) is 14.5 Å². The first kappa shape index (κ1) is 35.7. The molecular formula is C37H43N11O5. The van der Waals surface area contributed by atoms with E-state index in [9.17, 15) is 14.7 Å². The van der Waals surface area contributed by atoms with Gasteiger partial charge in [0, 0.05) is 42.7 Å². The summed E-state index contributed by atoms with van der Waals surface area (Å²) in [4.78, 5) is 55.1. The Morgan fingerprint density at radius 2 is 1.36 bits per heavy atom.